The molecule has 146 valence electrons. The number of para-hydroxylation sites is 1. The number of rotatable bonds is 6. The van der Waals surface area contributed by atoms with Gasteiger partial charge in [-0.05, 0) is 37.6 Å². The molecule has 5 heteroatoms. The smallest absolute Gasteiger partial charge is 0.106 e. The maximum atomic E-state index is 5.64. The first-order chi connectivity index (χ1) is 13.7. The minimum atomic E-state index is 0.369. The molecule has 0 fully saturated rings. The lowest BCUT2D eigenvalue weighted by Gasteiger charge is -2.39. The van der Waals surface area contributed by atoms with Crippen molar-refractivity contribution in [3.05, 3.63) is 60.2 Å². The van der Waals surface area contributed by atoms with Crippen LogP contribution in [0.5, 0.6) is 0 Å². The second-order valence-corrected chi connectivity index (χ2v) is 8.91. The summed E-state index contributed by atoms with van der Waals surface area (Å²) in [5, 5.41) is 3.37. The van der Waals surface area contributed by atoms with Gasteiger partial charge in [0.25, 0.3) is 0 Å². The van der Waals surface area contributed by atoms with Gasteiger partial charge in [0.15, 0.2) is 0 Å². The summed E-state index contributed by atoms with van der Waals surface area (Å²) in [7, 11) is 0. The lowest BCUT2D eigenvalue weighted by atomic mass is 10.1. The van der Waals surface area contributed by atoms with E-state index in [-0.39, 0.29) is 0 Å². The predicted octanol–water partition coefficient (Wildman–Crippen LogP) is 5.22. The molecule has 3 nitrogen and oxygen atoms in total. The highest BCUT2D eigenvalue weighted by Crippen LogP contribution is 2.49. The van der Waals surface area contributed by atoms with Gasteiger partial charge in [-0.2, -0.15) is 0 Å². The summed E-state index contributed by atoms with van der Waals surface area (Å²) in [5.41, 5.74) is 3.66. The number of benzene rings is 2. The molecule has 0 aliphatic carbocycles. The van der Waals surface area contributed by atoms with Crippen molar-refractivity contribution in [2.75, 3.05) is 31.1 Å². The van der Waals surface area contributed by atoms with E-state index in [0.717, 1.165) is 43.2 Å². The van der Waals surface area contributed by atoms with E-state index in [1.165, 1.54) is 21.2 Å². The normalized spacial score (nSPS) is 16.6. The molecule has 0 aromatic heterocycles. The molecule has 2 aliphatic heterocycles. The van der Waals surface area contributed by atoms with Crippen LogP contribution in [0.25, 0.3) is 0 Å². The molecule has 2 aromatic rings. The number of thiocarbonyl (C=S) groups is 1. The Kier molecular flexibility index (Phi) is 6.04. The van der Waals surface area contributed by atoms with Crippen LogP contribution in [0.15, 0.2) is 64.4 Å². The van der Waals surface area contributed by atoms with Crippen molar-refractivity contribution in [2.24, 2.45) is 0 Å². The molecule has 0 saturated heterocycles. The minimum Gasteiger partial charge on any atom is -0.376 e. The van der Waals surface area contributed by atoms with E-state index in [4.69, 9.17) is 12.2 Å². The monoisotopic (exact) mass is 409 g/mol. The van der Waals surface area contributed by atoms with Crippen LogP contribution in [0, 0.1) is 0 Å². The third kappa shape index (κ3) is 3.97. The number of anilines is 2. The second kappa shape index (κ2) is 8.68. The quantitative estimate of drug-likeness (QED) is 0.519. The van der Waals surface area contributed by atoms with E-state index < -0.39 is 0 Å². The average Bonchev–Trinajstić information content (AvgIpc) is 3.22. The number of nitrogens with zero attached hydrogens (tertiary/aromatic N) is 2. The summed E-state index contributed by atoms with van der Waals surface area (Å²) in [6.45, 7) is 8.53. The van der Waals surface area contributed by atoms with E-state index in [1.54, 1.807) is 0 Å². The summed E-state index contributed by atoms with van der Waals surface area (Å²) in [5.74, 6) is 0. The molecule has 0 amide bonds. The molecular formula is C23H27N3S2. The molecule has 1 N–H and O–H groups in total. The Morgan fingerprint density at radius 3 is 2.64 bits per heavy atom. The van der Waals surface area contributed by atoms with E-state index in [2.05, 4.69) is 83.6 Å². The van der Waals surface area contributed by atoms with E-state index in [9.17, 15) is 0 Å². The third-order valence-electron chi connectivity index (χ3n) is 5.22. The average molecular weight is 410 g/mol. The predicted molar refractivity (Wildman–Crippen MR) is 124 cm³/mol. The highest BCUT2D eigenvalue weighted by molar-refractivity contribution is 7.99. The Labute approximate surface area is 177 Å². The molecule has 0 bridgehead atoms. The van der Waals surface area contributed by atoms with Crippen molar-refractivity contribution in [1.82, 2.24) is 10.2 Å². The zero-order valence-corrected chi connectivity index (χ0v) is 18.2. The molecular weight excluding hydrogens is 382 g/mol. The lowest BCUT2D eigenvalue weighted by Crippen LogP contribution is -2.40. The molecule has 0 spiro atoms. The number of fused-ring (bicyclic) bond motifs is 2. The second-order valence-electron chi connectivity index (χ2n) is 7.42. The third-order valence-corrected chi connectivity index (χ3v) is 6.73. The number of hydrogen-bond donors (Lipinski definition) is 1. The Morgan fingerprint density at radius 1 is 1.11 bits per heavy atom. The van der Waals surface area contributed by atoms with Crippen molar-refractivity contribution in [3.8, 4) is 0 Å². The fourth-order valence-electron chi connectivity index (χ4n) is 3.87. The zero-order chi connectivity index (χ0) is 19.5. The first-order valence-corrected chi connectivity index (χ1v) is 11.3. The van der Waals surface area contributed by atoms with Gasteiger partial charge in [0, 0.05) is 47.6 Å². The van der Waals surface area contributed by atoms with Gasteiger partial charge in [0.2, 0.25) is 0 Å². The lowest BCUT2D eigenvalue weighted by molar-refractivity contribution is 0.331. The van der Waals surface area contributed by atoms with Crippen LogP contribution in [0.3, 0.4) is 0 Å². The van der Waals surface area contributed by atoms with E-state index in [0.29, 0.717) is 6.04 Å². The Hall–Kier alpha value is -1.82. The highest BCUT2D eigenvalue weighted by atomic mass is 32.2. The van der Waals surface area contributed by atoms with Crippen LogP contribution in [0.4, 0.5) is 11.4 Å². The summed E-state index contributed by atoms with van der Waals surface area (Å²) >= 11 is 7.49. The van der Waals surface area contributed by atoms with Gasteiger partial charge in [-0.3, -0.25) is 4.90 Å². The van der Waals surface area contributed by atoms with Crippen LogP contribution < -0.4 is 10.2 Å². The number of hydrogen-bond acceptors (Lipinski definition) is 4. The Balaban J connectivity index is 1.68. The molecule has 2 aromatic carbocycles. The molecule has 0 saturated carbocycles. The highest BCUT2D eigenvalue weighted by Gasteiger charge is 2.28. The summed E-state index contributed by atoms with van der Waals surface area (Å²) in [4.78, 5) is 8.45. The Bertz CT molecular complexity index is 885. The van der Waals surface area contributed by atoms with Crippen molar-refractivity contribution < 1.29 is 0 Å². The maximum absolute atomic E-state index is 5.64. The van der Waals surface area contributed by atoms with Gasteiger partial charge >= 0.3 is 0 Å². The van der Waals surface area contributed by atoms with Gasteiger partial charge in [-0.15, -0.1) is 0 Å². The van der Waals surface area contributed by atoms with Gasteiger partial charge in [-0.1, -0.05) is 61.3 Å². The van der Waals surface area contributed by atoms with Gasteiger partial charge in [0.1, 0.15) is 4.99 Å². The van der Waals surface area contributed by atoms with Crippen LogP contribution in [0.2, 0.25) is 0 Å². The van der Waals surface area contributed by atoms with E-state index >= 15 is 0 Å². The molecule has 2 aliphatic rings. The molecule has 1 atom stereocenters. The molecule has 2 heterocycles. The first kappa shape index (κ1) is 19.5. The molecule has 1 unspecified atom stereocenters. The summed E-state index contributed by atoms with van der Waals surface area (Å²) < 4.78 is 0. The molecule has 4 rings (SSSR count). The van der Waals surface area contributed by atoms with Gasteiger partial charge < -0.3 is 10.2 Å². The first-order valence-electron chi connectivity index (χ1n) is 10.0. The van der Waals surface area contributed by atoms with Crippen LogP contribution in [-0.2, 0) is 0 Å². The topological polar surface area (TPSA) is 18.5 Å². The SMILES string of the molecule is CCCNC(=S)c1ccc2c(c1)N(C(C)CN1CC=CC1)c1ccccc1S2. The minimum absolute atomic E-state index is 0.369. The van der Waals surface area contributed by atoms with Crippen molar-refractivity contribution in [2.45, 2.75) is 36.1 Å². The van der Waals surface area contributed by atoms with Gasteiger partial charge in [-0.25, -0.2) is 0 Å². The summed E-state index contributed by atoms with van der Waals surface area (Å²) in [6.07, 6.45) is 5.59. The Morgan fingerprint density at radius 2 is 1.86 bits per heavy atom. The largest absolute Gasteiger partial charge is 0.376 e. The number of nitrogens with one attached hydrogen (secondary N) is 1. The zero-order valence-electron chi connectivity index (χ0n) is 16.5. The standard InChI is InChI=1S/C23H27N3S2/c1-3-12-24-23(27)18-10-11-22-20(15-18)26(17(2)16-25-13-6-7-14-25)19-8-4-5-9-21(19)28-22/h4-11,15,17H,3,12-14,16H2,1-2H3,(H,24,27). The molecule has 28 heavy (non-hydrogen) atoms. The van der Waals surface area contributed by atoms with Crippen LogP contribution >= 0.6 is 24.0 Å². The van der Waals surface area contributed by atoms with Gasteiger partial charge in [0.05, 0.1) is 11.4 Å². The van der Waals surface area contributed by atoms with Crippen molar-refractivity contribution in [1.29, 1.82) is 0 Å². The van der Waals surface area contributed by atoms with Crippen molar-refractivity contribution >= 4 is 40.3 Å². The fourth-order valence-corrected chi connectivity index (χ4v) is 5.15. The van der Waals surface area contributed by atoms with Crippen molar-refractivity contribution in [3.63, 3.8) is 0 Å². The fraction of sp³-hybridized carbons (Fsp3) is 0.348. The maximum Gasteiger partial charge on any atom is 0.106 e. The summed E-state index contributed by atoms with van der Waals surface area (Å²) in [6, 6.07) is 15.7. The van der Waals surface area contributed by atoms with Crippen LogP contribution in [-0.4, -0.2) is 42.1 Å². The van der Waals surface area contributed by atoms with E-state index in [1.807, 2.05) is 11.8 Å². The van der Waals surface area contributed by atoms with Crippen LogP contribution in [0.1, 0.15) is 25.8 Å². The molecule has 0 radical (unpaired) electrons.